The summed E-state index contributed by atoms with van der Waals surface area (Å²) in [5, 5.41) is 2.75. The van der Waals surface area contributed by atoms with E-state index in [9.17, 15) is 18.0 Å². The molecule has 2 N–H and O–H groups in total. The van der Waals surface area contributed by atoms with E-state index < -0.39 is 10.0 Å². The molecule has 0 saturated carbocycles. The largest absolute Gasteiger partial charge is 0.351 e. The third-order valence-corrected chi connectivity index (χ3v) is 4.17. The molecular formula is C15H22N2O4S. The number of amides is 1. The van der Waals surface area contributed by atoms with Crippen LogP contribution in [0.1, 0.15) is 44.5 Å². The molecule has 0 aliphatic carbocycles. The fraction of sp³-hybridized carbons (Fsp3) is 0.467. The molecular weight excluding hydrogens is 304 g/mol. The molecule has 1 amide bonds. The SMILES string of the molecule is CC(=O)c1cccc(S(=O)(=O)NCCC(=O)NC(C)(C)C)c1. The van der Waals surface area contributed by atoms with Crippen molar-refractivity contribution >= 4 is 21.7 Å². The van der Waals surface area contributed by atoms with Gasteiger partial charge in [0, 0.05) is 24.1 Å². The highest BCUT2D eigenvalue weighted by molar-refractivity contribution is 7.89. The van der Waals surface area contributed by atoms with Gasteiger partial charge < -0.3 is 5.32 Å². The highest BCUT2D eigenvalue weighted by Gasteiger charge is 2.17. The van der Waals surface area contributed by atoms with E-state index in [2.05, 4.69) is 10.0 Å². The van der Waals surface area contributed by atoms with Crippen LogP contribution in [-0.4, -0.2) is 32.2 Å². The summed E-state index contributed by atoms with van der Waals surface area (Å²) in [5.41, 5.74) is -0.0282. The van der Waals surface area contributed by atoms with Gasteiger partial charge in [-0.3, -0.25) is 9.59 Å². The van der Waals surface area contributed by atoms with E-state index in [1.807, 2.05) is 20.8 Å². The molecule has 0 radical (unpaired) electrons. The second-order valence-corrected chi connectivity index (χ2v) is 7.80. The number of rotatable bonds is 6. The standard InChI is InChI=1S/C15H22N2O4S/c1-11(18)12-6-5-7-13(10-12)22(20,21)16-9-8-14(19)17-15(2,3)4/h5-7,10,16H,8-9H2,1-4H3,(H,17,19). The molecule has 0 heterocycles. The summed E-state index contributed by atoms with van der Waals surface area (Å²) in [6, 6.07) is 5.79. The molecule has 1 aromatic carbocycles. The van der Waals surface area contributed by atoms with E-state index in [1.54, 1.807) is 6.07 Å². The van der Waals surface area contributed by atoms with Gasteiger partial charge in [-0.2, -0.15) is 0 Å². The number of carbonyl (C=O) groups excluding carboxylic acids is 2. The Hall–Kier alpha value is -1.73. The Labute approximate surface area is 131 Å². The maximum Gasteiger partial charge on any atom is 0.240 e. The normalized spacial score (nSPS) is 12.0. The van der Waals surface area contributed by atoms with Crippen LogP contribution in [0.3, 0.4) is 0 Å². The second-order valence-electron chi connectivity index (χ2n) is 6.03. The third-order valence-electron chi connectivity index (χ3n) is 2.71. The lowest BCUT2D eigenvalue weighted by Gasteiger charge is -2.20. The predicted octanol–water partition coefficient (Wildman–Crippen LogP) is 1.47. The smallest absolute Gasteiger partial charge is 0.240 e. The molecule has 0 fully saturated rings. The molecule has 0 aliphatic rings. The molecule has 1 rings (SSSR count). The van der Waals surface area contributed by atoms with Crippen LogP contribution < -0.4 is 10.0 Å². The number of hydrogen-bond acceptors (Lipinski definition) is 4. The van der Waals surface area contributed by atoms with Gasteiger partial charge in [0.15, 0.2) is 5.78 Å². The van der Waals surface area contributed by atoms with Gasteiger partial charge in [0.1, 0.15) is 0 Å². The number of sulfonamides is 1. The summed E-state index contributed by atoms with van der Waals surface area (Å²) in [6.45, 7) is 6.91. The predicted molar refractivity (Wildman–Crippen MR) is 84.1 cm³/mol. The second kappa shape index (κ2) is 7.02. The molecule has 0 unspecified atom stereocenters. The molecule has 0 aliphatic heterocycles. The Bertz CT molecular complexity index is 660. The van der Waals surface area contributed by atoms with Crippen LogP contribution in [0.15, 0.2) is 29.2 Å². The fourth-order valence-electron chi connectivity index (χ4n) is 1.75. The summed E-state index contributed by atoms with van der Waals surface area (Å²) in [6.07, 6.45) is 0.0445. The van der Waals surface area contributed by atoms with E-state index >= 15 is 0 Å². The maximum atomic E-state index is 12.1. The van der Waals surface area contributed by atoms with Crippen molar-refractivity contribution in [3.63, 3.8) is 0 Å². The Morgan fingerprint density at radius 2 is 1.82 bits per heavy atom. The summed E-state index contributed by atoms with van der Waals surface area (Å²) >= 11 is 0. The zero-order valence-electron chi connectivity index (χ0n) is 13.3. The van der Waals surface area contributed by atoms with Gasteiger partial charge in [-0.25, -0.2) is 13.1 Å². The maximum absolute atomic E-state index is 12.1. The zero-order chi connectivity index (χ0) is 17.0. The van der Waals surface area contributed by atoms with Gasteiger partial charge in [0.2, 0.25) is 15.9 Å². The molecule has 0 saturated heterocycles. The molecule has 0 bridgehead atoms. The monoisotopic (exact) mass is 326 g/mol. The van der Waals surface area contributed by atoms with Crippen LogP contribution >= 0.6 is 0 Å². The van der Waals surface area contributed by atoms with E-state index in [0.717, 1.165) is 0 Å². The number of nitrogens with one attached hydrogen (secondary N) is 2. The van der Waals surface area contributed by atoms with Crippen molar-refractivity contribution < 1.29 is 18.0 Å². The van der Waals surface area contributed by atoms with Gasteiger partial charge in [0.05, 0.1) is 4.90 Å². The molecule has 7 heteroatoms. The van der Waals surface area contributed by atoms with E-state index in [1.165, 1.54) is 25.1 Å². The number of ketones is 1. The van der Waals surface area contributed by atoms with Gasteiger partial charge in [0.25, 0.3) is 0 Å². The van der Waals surface area contributed by atoms with Crippen molar-refractivity contribution in [1.29, 1.82) is 0 Å². The van der Waals surface area contributed by atoms with Crippen LogP contribution in [0.4, 0.5) is 0 Å². The topological polar surface area (TPSA) is 92.3 Å². The first-order chi connectivity index (χ1) is 10.0. The van der Waals surface area contributed by atoms with Crippen LogP contribution in [-0.2, 0) is 14.8 Å². The molecule has 122 valence electrons. The van der Waals surface area contributed by atoms with E-state index in [4.69, 9.17) is 0 Å². The Morgan fingerprint density at radius 1 is 1.18 bits per heavy atom. The summed E-state index contributed by atoms with van der Waals surface area (Å²) in [7, 11) is -3.74. The number of carbonyl (C=O) groups is 2. The van der Waals surface area contributed by atoms with Gasteiger partial charge >= 0.3 is 0 Å². The van der Waals surface area contributed by atoms with Crippen molar-refractivity contribution in [2.45, 2.75) is 44.6 Å². The quantitative estimate of drug-likeness (QED) is 0.774. The average Bonchev–Trinajstić information content (AvgIpc) is 2.36. The minimum absolute atomic E-state index is 0.00541. The number of Topliss-reactive ketones (excluding diaryl/α,β-unsaturated/α-hetero) is 1. The average molecular weight is 326 g/mol. The van der Waals surface area contributed by atoms with E-state index in [-0.39, 0.29) is 35.1 Å². The first-order valence-electron chi connectivity index (χ1n) is 6.93. The lowest BCUT2D eigenvalue weighted by molar-refractivity contribution is -0.122. The van der Waals surface area contributed by atoms with Crippen LogP contribution in [0.2, 0.25) is 0 Å². The number of benzene rings is 1. The Balaban J connectivity index is 2.67. The van der Waals surface area contributed by atoms with Crippen molar-refractivity contribution in [2.75, 3.05) is 6.54 Å². The van der Waals surface area contributed by atoms with Crippen LogP contribution in [0.25, 0.3) is 0 Å². The first-order valence-corrected chi connectivity index (χ1v) is 8.41. The molecule has 1 aromatic rings. The first kappa shape index (κ1) is 18.3. The molecule has 6 nitrogen and oxygen atoms in total. The van der Waals surface area contributed by atoms with Crippen LogP contribution in [0, 0.1) is 0 Å². The molecule has 0 atom stereocenters. The van der Waals surface area contributed by atoms with Crippen molar-refractivity contribution in [3.05, 3.63) is 29.8 Å². The molecule has 22 heavy (non-hydrogen) atoms. The third kappa shape index (κ3) is 5.95. The van der Waals surface area contributed by atoms with Gasteiger partial charge in [-0.05, 0) is 39.8 Å². The minimum Gasteiger partial charge on any atom is -0.351 e. The number of hydrogen-bond donors (Lipinski definition) is 2. The minimum atomic E-state index is -3.74. The van der Waals surface area contributed by atoms with Crippen LogP contribution in [0.5, 0.6) is 0 Å². The summed E-state index contributed by atoms with van der Waals surface area (Å²) in [4.78, 5) is 22.9. The fourth-order valence-corrected chi connectivity index (χ4v) is 2.82. The van der Waals surface area contributed by atoms with E-state index in [0.29, 0.717) is 5.56 Å². The highest BCUT2D eigenvalue weighted by Crippen LogP contribution is 2.12. The lowest BCUT2D eigenvalue weighted by Crippen LogP contribution is -2.41. The van der Waals surface area contributed by atoms with Crippen molar-refractivity contribution in [3.8, 4) is 0 Å². The lowest BCUT2D eigenvalue weighted by atomic mass is 10.1. The molecule has 0 spiro atoms. The molecule has 0 aromatic heterocycles. The summed E-state index contributed by atoms with van der Waals surface area (Å²) < 4.78 is 26.6. The van der Waals surface area contributed by atoms with Crippen molar-refractivity contribution in [1.82, 2.24) is 10.0 Å². The van der Waals surface area contributed by atoms with Gasteiger partial charge in [-0.15, -0.1) is 0 Å². The Kier molecular flexibility index (Phi) is 5.85. The summed E-state index contributed by atoms with van der Waals surface area (Å²) in [5.74, 6) is -0.436. The highest BCUT2D eigenvalue weighted by atomic mass is 32.2. The van der Waals surface area contributed by atoms with Gasteiger partial charge in [-0.1, -0.05) is 12.1 Å². The Morgan fingerprint density at radius 3 is 2.36 bits per heavy atom. The zero-order valence-corrected chi connectivity index (χ0v) is 14.1. The van der Waals surface area contributed by atoms with Crippen molar-refractivity contribution in [2.24, 2.45) is 0 Å².